The summed E-state index contributed by atoms with van der Waals surface area (Å²) in [5, 5.41) is 23.4. The molecule has 1 aliphatic rings. The van der Waals surface area contributed by atoms with E-state index in [0.717, 1.165) is 29.3 Å². The van der Waals surface area contributed by atoms with E-state index in [2.05, 4.69) is 55.0 Å². The van der Waals surface area contributed by atoms with E-state index in [-0.39, 0.29) is 5.37 Å². The first-order valence-electron chi connectivity index (χ1n) is 10.3. The number of aliphatic hydroxyl groups is 2. The van der Waals surface area contributed by atoms with Crippen molar-refractivity contribution >= 4 is 44.7 Å². The first-order chi connectivity index (χ1) is 15.1. The Kier molecular flexibility index (Phi) is 7.13. The maximum Gasteiger partial charge on any atom is 0.208 e. The van der Waals surface area contributed by atoms with Crippen LogP contribution in [0.15, 0.2) is 35.1 Å². The van der Waals surface area contributed by atoms with Crippen molar-refractivity contribution in [1.82, 2.24) is 19.5 Å². The van der Waals surface area contributed by atoms with Crippen LogP contribution in [0.2, 0.25) is 0 Å². The number of benzene rings is 1. The van der Waals surface area contributed by atoms with Crippen LogP contribution in [0.1, 0.15) is 42.9 Å². The number of nitrogens with one attached hydrogen (secondary N) is 1. The molecule has 162 valence electrons. The molecule has 3 N–H and O–H groups in total. The van der Waals surface area contributed by atoms with Crippen molar-refractivity contribution in [2.75, 3.05) is 11.1 Å². The molecule has 0 spiro atoms. The van der Waals surface area contributed by atoms with Crippen molar-refractivity contribution < 1.29 is 10.2 Å². The van der Waals surface area contributed by atoms with E-state index in [9.17, 15) is 10.2 Å². The average Bonchev–Trinajstić information content (AvgIpc) is 3.33. The number of rotatable bonds is 6. The van der Waals surface area contributed by atoms with Gasteiger partial charge >= 0.3 is 0 Å². The number of fused-ring (bicyclic) bond motifs is 1. The molecule has 0 radical (unpaired) electrons. The monoisotopic (exact) mass is 501 g/mol. The molecule has 7 nitrogen and oxygen atoms in total. The Morgan fingerprint density at radius 1 is 1.32 bits per heavy atom. The number of unbranched alkanes of at least 4 members (excludes halogenated alkanes) is 2. The lowest BCUT2D eigenvalue weighted by atomic mass is 10.2. The Morgan fingerprint density at radius 3 is 2.94 bits per heavy atom. The second-order valence-corrected chi connectivity index (χ2v) is 9.46. The van der Waals surface area contributed by atoms with Gasteiger partial charge in [-0.1, -0.05) is 47.3 Å². The molecule has 2 aromatic heterocycles. The van der Waals surface area contributed by atoms with Crippen molar-refractivity contribution in [1.29, 1.82) is 0 Å². The number of aliphatic hydroxyl groups excluding tert-OH is 2. The van der Waals surface area contributed by atoms with E-state index in [0.29, 0.717) is 35.1 Å². The molecular weight excluding hydrogens is 478 g/mol. The van der Waals surface area contributed by atoms with Crippen LogP contribution in [0.25, 0.3) is 11.2 Å². The molecule has 0 saturated carbocycles. The number of hydrogen-bond acceptors (Lipinski definition) is 7. The normalized spacial score (nSPS) is 20.6. The van der Waals surface area contributed by atoms with Crippen LogP contribution >= 0.6 is 27.7 Å². The van der Waals surface area contributed by atoms with E-state index in [1.165, 1.54) is 11.8 Å². The van der Waals surface area contributed by atoms with E-state index in [4.69, 9.17) is 0 Å². The SMILES string of the molecule is CCCCC#Cc1nc(NCc2cccc(Br)c2)c2ncn([C@@H]3SC[C@@H](O)[C@H]3O)c2n1. The standard InChI is InChI=1S/C22H24BrN5O2S/c1-2-3-4-5-9-17-26-20(24-11-14-7-6-8-15(23)10-14)18-21(27-17)28(13-25-18)22-19(30)16(29)12-31-22/h6-8,10,13,16,19,22,29-30H,2-4,11-12H2,1H3,(H,24,26,27)/t16-,19-,22-/m1/s1. The predicted octanol–water partition coefficient (Wildman–Crippen LogP) is 3.71. The zero-order chi connectivity index (χ0) is 21.8. The zero-order valence-electron chi connectivity index (χ0n) is 17.1. The van der Waals surface area contributed by atoms with Crippen molar-refractivity contribution in [2.45, 2.75) is 50.3 Å². The van der Waals surface area contributed by atoms with Crippen molar-refractivity contribution in [3.8, 4) is 11.8 Å². The fraction of sp³-hybridized carbons (Fsp3) is 0.409. The predicted molar refractivity (Wildman–Crippen MR) is 127 cm³/mol. The second kappa shape index (κ2) is 10.0. The summed E-state index contributed by atoms with van der Waals surface area (Å²) in [6, 6.07) is 8.05. The summed E-state index contributed by atoms with van der Waals surface area (Å²) in [5.74, 6) is 7.69. The Morgan fingerprint density at radius 2 is 2.19 bits per heavy atom. The highest BCUT2D eigenvalue weighted by Crippen LogP contribution is 2.38. The molecular formula is C22H24BrN5O2S. The molecule has 3 aromatic rings. The first kappa shape index (κ1) is 22.1. The molecule has 9 heteroatoms. The number of thioether (sulfide) groups is 1. The zero-order valence-corrected chi connectivity index (χ0v) is 19.5. The number of aromatic nitrogens is 4. The van der Waals surface area contributed by atoms with Gasteiger partial charge < -0.3 is 15.5 Å². The summed E-state index contributed by atoms with van der Waals surface area (Å²) in [7, 11) is 0. The Balaban J connectivity index is 1.69. The lowest BCUT2D eigenvalue weighted by Gasteiger charge is -2.17. The summed E-state index contributed by atoms with van der Waals surface area (Å²) in [6.45, 7) is 2.70. The van der Waals surface area contributed by atoms with Gasteiger partial charge in [-0.3, -0.25) is 4.57 Å². The molecule has 1 aromatic carbocycles. The van der Waals surface area contributed by atoms with Gasteiger partial charge in [-0.2, -0.15) is 0 Å². The minimum atomic E-state index is -0.880. The van der Waals surface area contributed by atoms with E-state index >= 15 is 0 Å². The molecule has 1 aliphatic heterocycles. The summed E-state index contributed by atoms with van der Waals surface area (Å²) in [4.78, 5) is 13.8. The molecule has 0 amide bonds. The van der Waals surface area contributed by atoms with Gasteiger partial charge in [0.05, 0.1) is 12.4 Å². The molecule has 3 atom stereocenters. The molecule has 0 bridgehead atoms. The number of hydrogen-bond donors (Lipinski definition) is 3. The Labute approximate surface area is 193 Å². The van der Waals surface area contributed by atoms with Crippen LogP contribution in [-0.4, -0.2) is 47.7 Å². The second-order valence-electron chi connectivity index (χ2n) is 7.39. The first-order valence-corrected chi connectivity index (χ1v) is 12.1. The summed E-state index contributed by atoms with van der Waals surface area (Å²) < 4.78 is 2.82. The van der Waals surface area contributed by atoms with Crippen LogP contribution < -0.4 is 5.32 Å². The molecule has 3 heterocycles. The molecule has 4 rings (SSSR count). The highest BCUT2D eigenvalue weighted by atomic mass is 79.9. The van der Waals surface area contributed by atoms with Gasteiger partial charge in [-0.25, -0.2) is 15.0 Å². The van der Waals surface area contributed by atoms with Gasteiger partial charge in [-0.15, -0.1) is 11.8 Å². The maximum atomic E-state index is 10.4. The van der Waals surface area contributed by atoms with Gasteiger partial charge in [0.15, 0.2) is 17.0 Å². The topological polar surface area (TPSA) is 96.1 Å². The van der Waals surface area contributed by atoms with Crippen LogP contribution in [0.4, 0.5) is 5.82 Å². The lowest BCUT2D eigenvalue weighted by Crippen LogP contribution is -2.27. The third kappa shape index (κ3) is 5.04. The van der Waals surface area contributed by atoms with Gasteiger partial charge in [0.25, 0.3) is 0 Å². The third-order valence-corrected chi connectivity index (χ3v) is 6.90. The Hall–Kier alpha value is -2.12. The number of imidazole rings is 1. The Bertz CT molecular complexity index is 1130. The molecule has 0 unspecified atom stereocenters. The molecule has 0 aliphatic carbocycles. The third-order valence-electron chi connectivity index (χ3n) is 5.02. The quantitative estimate of drug-likeness (QED) is 0.349. The molecule has 1 fully saturated rings. The minimum Gasteiger partial charge on any atom is -0.389 e. The van der Waals surface area contributed by atoms with Crippen molar-refractivity contribution in [3.05, 3.63) is 46.5 Å². The summed E-state index contributed by atoms with van der Waals surface area (Å²) in [5.41, 5.74) is 2.31. The maximum absolute atomic E-state index is 10.4. The smallest absolute Gasteiger partial charge is 0.208 e. The number of halogens is 1. The molecule has 31 heavy (non-hydrogen) atoms. The van der Waals surface area contributed by atoms with E-state index in [1.54, 1.807) is 6.33 Å². The van der Waals surface area contributed by atoms with E-state index < -0.39 is 12.2 Å². The van der Waals surface area contributed by atoms with Gasteiger partial charge in [0.1, 0.15) is 11.5 Å². The highest BCUT2D eigenvalue weighted by molar-refractivity contribution is 9.10. The minimum absolute atomic E-state index is 0.353. The van der Waals surface area contributed by atoms with E-state index in [1.807, 2.05) is 28.8 Å². The lowest BCUT2D eigenvalue weighted by molar-refractivity contribution is 0.0313. The fourth-order valence-corrected chi connectivity index (χ4v) is 5.08. The van der Waals surface area contributed by atoms with Gasteiger partial charge in [0.2, 0.25) is 5.82 Å². The van der Waals surface area contributed by atoms with Crippen LogP contribution in [0.5, 0.6) is 0 Å². The molecule has 1 saturated heterocycles. The van der Waals surface area contributed by atoms with Crippen LogP contribution in [0.3, 0.4) is 0 Å². The van der Waals surface area contributed by atoms with Crippen molar-refractivity contribution in [3.63, 3.8) is 0 Å². The summed E-state index contributed by atoms with van der Waals surface area (Å²) >= 11 is 4.98. The van der Waals surface area contributed by atoms with Gasteiger partial charge in [-0.05, 0) is 30.0 Å². The summed E-state index contributed by atoms with van der Waals surface area (Å²) in [6.07, 6.45) is 2.91. The number of anilines is 1. The van der Waals surface area contributed by atoms with Crippen LogP contribution in [0, 0.1) is 11.8 Å². The average molecular weight is 502 g/mol. The highest BCUT2D eigenvalue weighted by Gasteiger charge is 2.36. The van der Waals surface area contributed by atoms with Gasteiger partial charge in [0, 0.05) is 23.2 Å². The fourth-order valence-electron chi connectivity index (χ4n) is 3.35. The largest absolute Gasteiger partial charge is 0.389 e. The number of nitrogens with zero attached hydrogens (tertiary/aromatic N) is 4. The van der Waals surface area contributed by atoms with Crippen LogP contribution in [-0.2, 0) is 6.54 Å². The van der Waals surface area contributed by atoms with Crippen molar-refractivity contribution in [2.24, 2.45) is 0 Å².